The molecule has 2 aromatic rings. The highest BCUT2D eigenvalue weighted by atomic mass is 32.1. The first kappa shape index (κ1) is 19.6. The molecule has 1 amide bonds. The number of anilines is 1. The van der Waals surface area contributed by atoms with Gasteiger partial charge in [-0.1, -0.05) is 0 Å². The zero-order valence-electron chi connectivity index (χ0n) is 16.1. The third-order valence-electron chi connectivity index (χ3n) is 4.88. The van der Waals surface area contributed by atoms with E-state index >= 15 is 0 Å². The van der Waals surface area contributed by atoms with Crippen LogP contribution in [0.4, 0.5) is 5.95 Å². The van der Waals surface area contributed by atoms with Crippen LogP contribution in [0.15, 0.2) is 16.2 Å². The first-order valence-corrected chi connectivity index (χ1v) is 10.0. The largest absolute Gasteiger partial charge is 0.378 e. The smallest absolute Gasteiger partial charge is 0.255 e. The van der Waals surface area contributed by atoms with Crippen LogP contribution in [0.5, 0.6) is 0 Å². The van der Waals surface area contributed by atoms with Crippen molar-refractivity contribution >= 4 is 23.2 Å². The van der Waals surface area contributed by atoms with Crippen LogP contribution < -0.4 is 10.5 Å². The number of H-pyrrole nitrogens is 1. The Morgan fingerprint density at radius 1 is 1.37 bits per heavy atom. The second-order valence-corrected chi connectivity index (χ2v) is 7.83. The summed E-state index contributed by atoms with van der Waals surface area (Å²) < 4.78 is 5.33. The maximum Gasteiger partial charge on any atom is 0.255 e. The highest BCUT2D eigenvalue weighted by Crippen LogP contribution is 2.18. The van der Waals surface area contributed by atoms with Gasteiger partial charge in [-0.15, -0.1) is 11.3 Å². The van der Waals surface area contributed by atoms with Crippen molar-refractivity contribution < 1.29 is 9.53 Å². The molecule has 3 heterocycles. The maximum atomic E-state index is 12.5. The molecule has 3 rings (SSSR count). The topological polar surface area (TPSA) is 78.5 Å². The highest BCUT2D eigenvalue weighted by Gasteiger charge is 2.18. The number of amides is 1. The second-order valence-electron chi connectivity index (χ2n) is 6.83. The van der Waals surface area contributed by atoms with Gasteiger partial charge >= 0.3 is 0 Å². The quantitative estimate of drug-likeness (QED) is 0.815. The molecule has 1 aliphatic heterocycles. The van der Waals surface area contributed by atoms with Crippen molar-refractivity contribution in [2.24, 2.45) is 0 Å². The van der Waals surface area contributed by atoms with Crippen molar-refractivity contribution in [1.82, 2.24) is 14.9 Å². The first-order chi connectivity index (χ1) is 13.0. The molecule has 8 heteroatoms. The lowest BCUT2D eigenvalue weighted by Crippen LogP contribution is -2.38. The van der Waals surface area contributed by atoms with Gasteiger partial charge < -0.3 is 14.5 Å². The molecule has 0 bridgehead atoms. The van der Waals surface area contributed by atoms with Crippen LogP contribution in [0.25, 0.3) is 0 Å². The maximum absolute atomic E-state index is 12.5. The fourth-order valence-electron chi connectivity index (χ4n) is 3.11. The average Bonchev–Trinajstić information content (AvgIpc) is 3.06. The Hall–Kier alpha value is -2.19. The van der Waals surface area contributed by atoms with Crippen LogP contribution in [-0.2, 0) is 22.5 Å². The fraction of sp³-hybridized carbons (Fsp3) is 0.526. The molecular formula is C19H26N4O3S. The van der Waals surface area contributed by atoms with Crippen LogP contribution in [0.3, 0.4) is 0 Å². The summed E-state index contributed by atoms with van der Waals surface area (Å²) in [5, 5.41) is 2.04. The number of aromatic nitrogens is 2. The molecule has 1 aliphatic rings. The Balaban J connectivity index is 1.62. The molecule has 1 saturated heterocycles. The molecule has 0 unspecified atom stereocenters. The molecule has 0 spiro atoms. The van der Waals surface area contributed by atoms with Gasteiger partial charge in [0.2, 0.25) is 11.9 Å². The van der Waals surface area contributed by atoms with Crippen molar-refractivity contribution in [3.05, 3.63) is 43.5 Å². The van der Waals surface area contributed by atoms with Gasteiger partial charge in [0.05, 0.1) is 19.8 Å². The molecule has 0 atom stereocenters. The summed E-state index contributed by atoms with van der Waals surface area (Å²) in [4.78, 5) is 37.3. The van der Waals surface area contributed by atoms with E-state index in [1.54, 1.807) is 23.3 Å². The van der Waals surface area contributed by atoms with E-state index in [0.717, 1.165) is 0 Å². The Morgan fingerprint density at radius 3 is 2.74 bits per heavy atom. The van der Waals surface area contributed by atoms with E-state index in [1.165, 1.54) is 10.4 Å². The van der Waals surface area contributed by atoms with E-state index in [4.69, 9.17) is 4.74 Å². The van der Waals surface area contributed by atoms with Crippen LogP contribution >= 0.6 is 11.3 Å². The number of morpholine rings is 1. The summed E-state index contributed by atoms with van der Waals surface area (Å²) in [5.41, 5.74) is 2.31. The minimum atomic E-state index is -0.159. The summed E-state index contributed by atoms with van der Waals surface area (Å²) in [7, 11) is 1.80. The van der Waals surface area contributed by atoms with Gasteiger partial charge in [-0.25, -0.2) is 4.98 Å². The molecule has 27 heavy (non-hydrogen) atoms. The van der Waals surface area contributed by atoms with E-state index in [2.05, 4.69) is 23.0 Å². The van der Waals surface area contributed by atoms with Gasteiger partial charge in [0.15, 0.2) is 0 Å². The lowest BCUT2D eigenvalue weighted by atomic mass is 10.1. The fourth-order valence-corrected chi connectivity index (χ4v) is 4.07. The number of aryl methyl sites for hydroxylation is 2. The molecule has 0 saturated carbocycles. The number of hydrogen-bond donors (Lipinski definition) is 1. The molecule has 0 radical (unpaired) electrons. The summed E-state index contributed by atoms with van der Waals surface area (Å²) in [5.74, 6) is 0.611. The third kappa shape index (κ3) is 4.75. The molecule has 146 valence electrons. The normalized spacial score (nSPS) is 14.4. The minimum absolute atomic E-state index is 0.0267. The minimum Gasteiger partial charge on any atom is -0.378 e. The van der Waals surface area contributed by atoms with Crippen molar-refractivity contribution in [3.63, 3.8) is 0 Å². The summed E-state index contributed by atoms with van der Waals surface area (Å²) in [6, 6.07) is 2.06. The highest BCUT2D eigenvalue weighted by molar-refractivity contribution is 7.10. The summed E-state index contributed by atoms with van der Waals surface area (Å²) in [6.45, 7) is 7.18. The number of hydrogen-bond acceptors (Lipinski definition) is 6. The van der Waals surface area contributed by atoms with Crippen molar-refractivity contribution in [2.75, 3.05) is 38.3 Å². The van der Waals surface area contributed by atoms with Gasteiger partial charge in [0.1, 0.15) is 0 Å². The van der Waals surface area contributed by atoms with E-state index < -0.39 is 0 Å². The standard InChI is InChI=1S/C19H26N4O3S/c1-13-6-11-27-16(13)12-22(3)17(24)5-4-15-14(2)20-19(21-18(15)25)23-7-9-26-10-8-23/h6,11H,4-5,7-10,12H2,1-3H3,(H,20,21,25). The van der Waals surface area contributed by atoms with E-state index in [0.29, 0.717) is 62.9 Å². The van der Waals surface area contributed by atoms with Gasteiger partial charge in [-0.05, 0) is 37.3 Å². The Bertz CT molecular complexity index is 855. The molecule has 0 aliphatic carbocycles. The van der Waals surface area contributed by atoms with Crippen molar-refractivity contribution in [2.45, 2.75) is 33.2 Å². The second kappa shape index (κ2) is 8.67. The predicted octanol–water partition coefficient (Wildman–Crippen LogP) is 1.88. The average molecular weight is 391 g/mol. The lowest BCUT2D eigenvalue weighted by Gasteiger charge is -2.27. The number of carbonyl (C=O) groups is 1. The molecule has 1 N–H and O–H groups in total. The number of rotatable bonds is 6. The third-order valence-corrected chi connectivity index (χ3v) is 5.89. The molecule has 2 aromatic heterocycles. The van der Waals surface area contributed by atoms with Gasteiger partial charge in [0, 0.05) is 42.7 Å². The number of aromatic amines is 1. The number of carbonyl (C=O) groups excluding carboxylic acids is 1. The molecule has 7 nitrogen and oxygen atoms in total. The number of nitrogens with one attached hydrogen (secondary N) is 1. The Labute approximate surface area is 163 Å². The number of thiophene rings is 1. The van der Waals surface area contributed by atoms with Crippen molar-refractivity contribution in [3.8, 4) is 0 Å². The Kier molecular flexibility index (Phi) is 6.28. The van der Waals surface area contributed by atoms with Gasteiger partial charge in [-0.2, -0.15) is 0 Å². The monoisotopic (exact) mass is 390 g/mol. The molecule has 1 fully saturated rings. The van der Waals surface area contributed by atoms with E-state index in [-0.39, 0.29) is 11.5 Å². The number of ether oxygens (including phenoxy) is 1. The first-order valence-electron chi connectivity index (χ1n) is 9.15. The predicted molar refractivity (Wildman–Crippen MR) is 106 cm³/mol. The van der Waals surface area contributed by atoms with E-state index in [9.17, 15) is 9.59 Å². The Morgan fingerprint density at radius 2 is 2.11 bits per heavy atom. The molecule has 0 aromatic carbocycles. The van der Waals surface area contributed by atoms with E-state index in [1.807, 2.05) is 17.2 Å². The van der Waals surface area contributed by atoms with Crippen LogP contribution in [0.1, 0.15) is 28.1 Å². The lowest BCUT2D eigenvalue weighted by molar-refractivity contribution is -0.130. The number of nitrogens with zero attached hydrogens (tertiary/aromatic N) is 3. The van der Waals surface area contributed by atoms with Gasteiger partial charge in [-0.3, -0.25) is 14.6 Å². The summed E-state index contributed by atoms with van der Waals surface area (Å²) in [6.07, 6.45) is 0.688. The van der Waals surface area contributed by atoms with Crippen LogP contribution in [-0.4, -0.2) is 54.1 Å². The van der Waals surface area contributed by atoms with Gasteiger partial charge in [0.25, 0.3) is 5.56 Å². The zero-order valence-corrected chi connectivity index (χ0v) is 16.9. The zero-order chi connectivity index (χ0) is 19.4. The van der Waals surface area contributed by atoms with Crippen LogP contribution in [0.2, 0.25) is 0 Å². The molecular weight excluding hydrogens is 364 g/mol. The SMILES string of the molecule is Cc1ccsc1CN(C)C(=O)CCc1c(C)nc(N2CCOCC2)[nH]c1=O. The van der Waals surface area contributed by atoms with Crippen LogP contribution in [0, 0.1) is 13.8 Å². The van der Waals surface area contributed by atoms with Crippen molar-refractivity contribution in [1.29, 1.82) is 0 Å². The summed E-state index contributed by atoms with van der Waals surface area (Å²) >= 11 is 1.66.